The highest BCUT2D eigenvalue weighted by Crippen LogP contribution is 2.21. The van der Waals surface area contributed by atoms with Crippen LogP contribution in [-0.4, -0.2) is 15.2 Å². The highest BCUT2D eigenvalue weighted by molar-refractivity contribution is 7.71. The lowest BCUT2D eigenvalue weighted by Crippen LogP contribution is -1.90. The zero-order valence-corrected chi connectivity index (χ0v) is 11.6. The molecule has 3 aromatic rings. The van der Waals surface area contributed by atoms with Crippen molar-refractivity contribution in [2.75, 3.05) is 0 Å². The van der Waals surface area contributed by atoms with Crippen molar-refractivity contribution in [1.82, 2.24) is 15.2 Å². The van der Waals surface area contributed by atoms with Crippen LogP contribution in [0.4, 0.5) is 0 Å². The molecule has 0 radical (unpaired) electrons. The number of rotatable bonds is 4. The number of nitrogens with one attached hydrogen (secondary N) is 1. The Bertz CT molecular complexity index is 715. The molecule has 0 spiro atoms. The third-order valence-electron chi connectivity index (χ3n) is 2.68. The predicted octanol–water partition coefficient (Wildman–Crippen LogP) is 3.64. The highest BCUT2D eigenvalue weighted by atomic mass is 32.1. The Hall–Kier alpha value is -1.79. The Morgan fingerprint density at radius 1 is 1.21 bits per heavy atom. The fourth-order valence-corrected chi connectivity index (χ4v) is 2.66. The van der Waals surface area contributed by atoms with Crippen molar-refractivity contribution in [2.45, 2.75) is 12.8 Å². The molecule has 2 aromatic heterocycles. The third-order valence-corrected chi connectivity index (χ3v) is 3.76. The summed E-state index contributed by atoms with van der Waals surface area (Å²) in [6, 6.07) is 10.4. The highest BCUT2D eigenvalue weighted by Gasteiger charge is 2.09. The number of aromatic amines is 1. The zero-order valence-electron chi connectivity index (χ0n) is 10.00. The van der Waals surface area contributed by atoms with Crippen LogP contribution in [0.15, 0.2) is 40.1 Å². The Morgan fingerprint density at radius 3 is 2.79 bits per heavy atom. The maximum Gasteiger partial charge on any atom is 0.284 e. The van der Waals surface area contributed by atoms with E-state index >= 15 is 0 Å². The summed E-state index contributed by atoms with van der Waals surface area (Å²) in [6.07, 6.45) is 1.90. The molecule has 0 saturated heterocycles. The molecule has 0 bridgehead atoms. The van der Waals surface area contributed by atoms with E-state index in [1.807, 2.05) is 11.4 Å². The van der Waals surface area contributed by atoms with Gasteiger partial charge in [0.05, 0.1) is 5.01 Å². The van der Waals surface area contributed by atoms with Gasteiger partial charge in [0.25, 0.3) is 10.7 Å². The van der Waals surface area contributed by atoms with Crippen LogP contribution in [0, 0.1) is 4.84 Å². The van der Waals surface area contributed by atoms with E-state index in [4.69, 9.17) is 16.6 Å². The van der Waals surface area contributed by atoms with Crippen LogP contribution in [0.5, 0.6) is 0 Å². The summed E-state index contributed by atoms with van der Waals surface area (Å²) in [5.41, 5.74) is 2.05. The SMILES string of the molecule is S=c1[nH]nc(-c2csc(CCc3ccccc3)n2)o1. The Balaban J connectivity index is 1.70. The Labute approximate surface area is 119 Å². The molecule has 0 aliphatic carbocycles. The van der Waals surface area contributed by atoms with Crippen molar-refractivity contribution >= 4 is 23.6 Å². The minimum absolute atomic E-state index is 0.272. The van der Waals surface area contributed by atoms with Crippen molar-refractivity contribution in [3.05, 3.63) is 51.1 Å². The van der Waals surface area contributed by atoms with Crippen LogP contribution in [0.3, 0.4) is 0 Å². The lowest BCUT2D eigenvalue weighted by molar-refractivity contribution is 0.550. The van der Waals surface area contributed by atoms with Gasteiger partial charge in [-0.05, 0) is 24.2 Å². The van der Waals surface area contributed by atoms with E-state index < -0.39 is 0 Å². The molecule has 1 N–H and O–H groups in total. The standard InChI is InChI=1S/C13H11N3OS2/c18-13-16-15-12(17-13)10-8-19-11(14-10)7-6-9-4-2-1-3-5-9/h1-5,8H,6-7H2,(H,16,18). The third kappa shape index (κ3) is 2.97. The first kappa shape index (κ1) is 12.3. The van der Waals surface area contributed by atoms with Gasteiger partial charge >= 0.3 is 0 Å². The summed E-state index contributed by atoms with van der Waals surface area (Å²) in [5.74, 6) is 0.451. The fourth-order valence-electron chi connectivity index (χ4n) is 1.76. The molecule has 0 amide bonds. The van der Waals surface area contributed by atoms with E-state index in [0.29, 0.717) is 5.89 Å². The van der Waals surface area contributed by atoms with Crippen LogP contribution in [0.2, 0.25) is 0 Å². The summed E-state index contributed by atoms with van der Waals surface area (Å²) in [5, 5.41) is 9.57. The van der Waals surface area contributed by atoms with Gasteiger partial charge in [0.15, 0.2) is 0 Å². The fraction of sp³-hybridized carbons (Fsp3) is 0.154. The largest absolute Gasteiger partial charge is 0.408 e. The molecule has 96 valence electrons. The number of thiazole rings is 1. The molecule has 0 aliphatic rings. The lowest BCUT2D eigenvalue weighted by Gasteiger charge is -1.97. The molecular formula is C13H11N3OS2. The molecule has 0 atom stereocenters. The molecule has 0 saturated carbocycles. The Morgan fingerprint density at radius 2 is 2.05 bits per heavy atom. The van der Waals surface area contributed by atoms with Crippen LogP contribution >= 0.6 is 23.6 Å². The summed E-state index contributed by atoms with van der Waals surface area (Å²) >= 11 is 6.46. The number of aryl methyl sites for hydroxylation is 2. The van der Waals surface area contributed by atoms with Gasteiger partial charge < -0.3 is 4.42 Å². The lowest BCUT2D eigenvalue weighted by atomic mass is 10.1. The van der Waals surface area contributed by atoms with E-state index in [1.54, 1.807) is 11.3 Å². The van der Waals surface area contributed by atoms with Crippen LogP contribution in [0.25, 0.3) is 11.6 Å². The van der Waals surface area contributed by atoms with Gasteiger partial charge in [-0.3, -0.25) is 0 Å². The smallest absolute Gasteiger partial charge is 0.284 e. The van der Waals surface area contributed by atoms with E-state index in [2.05, 4.69) is 39.4 Å². The number of hydrogen-bond acceptors (Lipinski definition) is 5. The molecule has 19 heavy (non-hydrogen) atoms. The predicted molar refractivity (Wildman–Crippen MR) is 76.6 cm³/mol. The maximum atomic E-state index is 5.24. The van der Waals surface area contributed by atoms with Crippen molar-refractivity contribution in [3.63, 3.8) is 0 Å². The zero-order chi connectivity index (χ0) is 13.1. The molecule has 2 heterocycles. The normalized spacial score (nSPS) is 10.7. The maximum absolute atomic E-state index is 5.24. The first-order valence-corrected chi connectivity index (χ1v) is 7.14. The number of nitrogens with zero attached hydrogens (tertiary/aromatic N) is 2. The molecule has 4 nitrogen and oxygen atoms in total. The molecule has 0 aliphatic heterocycles. The van der Waals surface area contributed by atoms with E-state index in [1.165, 1.54) is 5.56 Å². The van der Waals surface area contributed by atoms with Crippen molar-refractivity contribution in [3.8, 4) is 11.6 Å². The number of benzene rings is 1. The summed E-state index contributed by atoms with van der Waals surface area (Å²) in [6.45, 7) is 0. The van der Waals surface area contributed by atoms with Crippen LogP contribution in [-0.2, 0) is 12.8 Å². The number of aromatic nitrogens is 3. The number of H-pyrrole nitrogens is 1. The van der Waals surface area contributed by atoms with Gasteiger partial charge in [-0.1, -0.05) is 30.3 Å². The van der Waals surface area contributed by atoms with Gasteiger partial charge in [0.2, 0.25) is 0 Å². The monoisotopic (exact) mass is 289 g/mol. The minimum Gasteiger partial charge on any atom is -0.408 e. The van der Waals surface area contributed by atoms with Crippen LogP contribution < -0.4 is 0 Å². The average Bonchev–Trinajstić information content (AvgIpc) is 3.06. The summed E-state index contributed by atoms with van der Waals surface area (Å²) in [4.78, 5) is 4.78. The van der Waals surface area contributed by atoms with Crippen LogP contribution in [0.1, 0.15) is 10.6 Å². The topological polar surface area (TPSA) is 54.7 Å². The molecule has 1 aromatic carbocycles. The molecule has 0 fully saturated rings. The van der Waals surface area contributed by atoms with Gasteiger partial charge in [-0.2, -0.15) is 0 Å². The van der Waals surface area contributed by atoms with Gasteiger partial charge in [-0.15, -0.1) is 16.4 Å². The molecule has 3 rings (SSSR count). The average molecular weight is 289 g/mol. The minimum atomic E-state index is 0.272. The van der Waals surface area contributed by atoms with Crippen molar-refractivity contribution in [2.24, 2.45) is 0 Å². The van der Waals surface area contributed by atoms with E-state index in [-0.39, 0.29) is 4.84 Å². The molecular weight excluding hydrogens is 278 g/mol. The first-order chi connectivity index (χ1) is 9.31. The number of hydrogen-bond donors (Lipinski definition) is 1. The molecule has 0 unspecified atom stereocenters. The van der Waals surface area contributed by atoms with Gasteiger partial charge in [0.1, 0.15) is 5.69 Å². The summed E-state index contributed by atoms with van der Waals surface area (Å²) < 4.78 is 5.24. The quantitative estimate of drug-likeness (QED) is 0.745. The van der Waals surface area contributed by atoms with E-state index in [9.17, 15) is 0 Å². The first-order valence-electron chi connectivity index (χ1n) is 5.85. The second-order valence-corrected chi connectivity index (χ2v) is 5.34. The van der Waals surface area contributed by atoms with E-state index in [0.717, 1.165) is 23.5 Å². The second kappa shape index (κ2) is 5.46. The van der Waals surface area contributed by atoms with Crippen molar-refractivity contribution < 1.29 is 4.42 Å². The molecule has 6 heteroatoms. The van der Waals surface area contributed by atoms with Gasteiger partial charge in [-0.25, -0.2) is 10.1 Å². The second-order valence-electron chi connectivity index (χ2n) is 4.03. The van der Waals surface area contributed by atoms with Crippen molar-refractivity contribution in [1.29, 1.82) is 0 Å². The summed E-state index contributed by atoms with van der Waals surface area (Å²) in [7, 11) is 0. The Kier molecular flexibility index (Phi) is 3.52. The van der Waals surface area contributed by atoms with Gasteiger partial charge in [0, 0.05) is 11.8 Å².